The Morgan fingerprint density at radius 1 is 0.309 bits per heavy atom. The molecule has 392 valence electrons. The summed E-state index contributed by atoms with van der Waals surface area (Å²) in [6, 6.07) is 0. The van der Waals surface area contributed by atoms with Crippen LogP contribution in [0.2, 0.25) is 0 Å². The Hall–Kier alpha value is -3.15. The van der Waals surface area contributed by atoms with Crippen molar-refractivity contribution in [1.29, 1.82) is 0 Å². The molecule has 0 bridgehead atoms. The van der Waals surface area contributed by atoms with Crippen molar-refractivity contribution in [3.8, 4) is 0 Å². The Kier molecular flexibility index (Phi) is 53.8. The molecule has 0 aliphatic heterocycles. The van der Waals surface area contributed by atoms with E-state index >= 15 is 0 Å². The van der Waals surface area contributed by atoms with Gasteiger partial charge in [-0.1, -0.05) is 248 Å². The molecule has 0 aliphatic carbocycles. The second-order valence-electron chi connectivity index (χ2n) is 19.2. The molecular weight excluding hydrogens is 841 g/mol. The fourth-order valence-corrected chi connectivity index (χ4v) is 8.11. The van der Waals surface area contributed by atoms with E-state index in [-0.39, 0.29) is 31.1 Å². The standard InChI is InChI=1S/C62H108O6/c1-4-7-10-13-16-18-20-22-24-26-28-30-31-33-34-36-38-40-42-44-46-49-52-55-61(64)67-58-59(57-66-60(63)54-51-48-15-12-9-6-3)68-62(65)56-53-50-47-45-43-41-39-37-35-32-29-27-25-23-21-19-17-14-11-8-5-2/h7,10,16,18,22,24,27-30,33-34,59H,4-6,8-9,11-15,17,19-21,23,25-26,31-32,35-58H2,1-3H3/b10-7-,18-16-,24-22-,29-27-,30-28-,34-33-. The molecule has 0 N–H and O–H groups in total. The Labute approximate surface area is 421 Å². The van der Waals surface area contributed by atoms with Crippen molar-refractivity contribution in [3.05, 3.63) is 72.9 Å². The molecule has 0 aromatic heterocycles. The van der Waals surface area contributed by atoms with Gasteiger partial charge in [-0.05, 0) is 89.9 Å². The number of unbranched alkanes of at least 4 members (excludes halogenated alkanes) is 29. The molecule has 0 aromatic rings. The van der Waals surface area contributed by atoms with Crippen molar-refractivity contribution in [3.63, 3.8) is 0 Å². The number of carbonyl (C=O) groups excluding carboxylic acids is 3. The summed E-state index contributed by atoms with van der Waals surface area (Å²) in [4.78, 5) is 37.9. The molecule has 0 aromatic carbocycles. The molecule has 0 amide bonds. The van der Waals surface area contributed by atoms with Gasteiger partial charge < -0.3 is 14.2 Å². The largest absolute Gasteiger partial charge is 0.462 e. The van der Waals surface area contributed by atoms with Crippen LogP contribution in [-0.4, -0.2) is 37.2 Å². The monoisotopic (exact) mass is 949 g/mol. The quantitative estimate of drug-likeness (QED) is 0.0262. The normalized spacial score (nSPS) is 12.6. The van der Waals surface area contributed by atoms with Gasteiger partial charge in [-0.3, -0.25) is 14.4 Å². The fourth-order valence-electron chi connectivity index (χ4n) is 8.11. The van der Waals surface area contributed by atoms with Gasteiger partial charge in [-0.2, -0.15) is 0 Å². The lowest BCUT2D eigenvalue weighted by molar-refractivity contribution is -0.167. The van der Waals surface area contributed by atoms with E-state index in [2.05, 4.69) is 93.7 Å². The Morgan fingerprint density at radius 3 is 0.912 bits per heavy atom. The maximum Gasteiger partial charge on any atom is 0.306 e. The van der Waals surface area contributed by atoms with Gasteiger partial charge in [-0.25, -0.2) is 0 Å². The van der Waals surface area contributed by atoms with Gasteiger partial charge in [0.1, 0.15) is 13.2 Å². The first-order valence-corrected chi connectivity index (χ1v) is 28.9. The Bertz CT molecular complexity index is 1270. The summed E-state index contributed by atoms with van der Waals surface area (Å²) in [6.07, 6.45) is 72.1. The first kappa shape index (κ1) is 64.8. The first-order chi connectivity index (χ1) is 33.5. The average molecular weight is 950 g/mol. The van der Waals surface area contributed by atoms with Crippen molar-refractivity contribution in [2.75, 3.05) is 13.2 Å². The summed E-state index contributed by atoms with van der Waals surface area (Å²) in [5, 5.41) is 0. The first-order valence-electron chi connectivity index (χ1n) is 28.9. The number of allylic oxidation sites excluding steroid dienone is 12. The van der Waals surface area contributed by atoms with Crippen LogP contribution in [0.1, 0.15) is 284 Å². The van der Waals surface area contributed by atoms with E-state index in [1.807, 2.05) is 0 Å². The minimum atomic E-state index is -0.778. The summed E-state index contributed by atoms with van der Waals surface area (Å²) in [6.45, 7) is 6.47. The molecule has 0 saturated carbocycles. The molecule has 6 heteroatoms. The van der Waals surface area contributed by atoms with Crippen LogP contribution in [0.25, 0.3) is 0 Å². The highest BCUT2D eigenvalue weighted by molar-refractivity contribution is 5.71. The van der Waals surface area contributed by atoms with Gasteiger partial charge in [0.25, 0.3) is 0 Å². The smallest absolute Gasteiger partial charge is 0.306 e. The van der Waals surface area contributed by atoms with Crippen molar-refractivity contribution in [2.24, 2.45) is 0 Å². The summed E-state index contributed by atoms with van der Waals surface area (Å²) in [5.41, 5.74) is 0. The van der Waals surface area contributed by atoms with Crippen molar-refractivity contribution < 1.29 is 28.6 Å². The van der Waals surface area contributed by atoms with E-state index in [1.165, 1.54) is 148 Å². The third-order valence-corrected chi connectivity index (χ3v) is 12.4. The third kappa shape index (κ3) is 53.8. The van der Waals surface area contributed by atoms with E-state index < -0.39 is 6.10 Å². The molecule has 0 fully saturated rings. The van der Waals surface area contributed by atoms with Crippen molar-refractivity contribution in [1.82, 2.24) is 0 Å². The lowest BCUT2D eigenvalue weighted by Crippen LogP contribution is -2.30. The molecule has 0 radical (unpaired) electrons. The summed E-state index contributed by atoms with van der Waals surface area (Å²) >= 11 is 0. The fraction of sp³-hybridized carbons (Fsp3) is 0.758. The Morgan fingerprint density at radius 2 is 0.574 bits per heavy atom. The zero-order valence-corrected chi connectivity index (χ0v) is 44.9. The summed E-state index contributed by atoms with van der Waals surface area (Å²) in [5.74, 6) is -0.895. The predicted octanol–water partition coefficient (Wildman–Crippen LogP) is 19.4. The molecule has 0 saturated heterocycles. The van der Waals surface area contributed by atoms with Gasteiger partial charge in [0.05, 0.1) is 0 Å². The third-order valence-electron chi connectivity index (χ3n) is 12.4. The van der Waals surface area contributed by atoms with Crippen LogP contribution in [0.3, 0.4) is 0 Å². The molecule has 0 rings (SSSR count). The average Bonchev–Trinajstić information content (AvgIpc) is 3.34. The van der Waals surface area contributed by atoms with Gasteiger partial charge >= 0.3 is 17.9 Å². The molecule has 1 unspecified atom stereocenters. The van der Waals surface area contributed by atoms with E-state index in [4.69, 9.17) is 14.2 Å². The van der Waals surface area contributed by atoms with Crippen LogP contribution in [0.5, 0.6) is 0 Å². The molecule has 68 heavy (non-hydrogen) atoms. The molecule has 6 nitrogen and oxygen atoms in total. The second-order valence-corrected chi connectivity index (χ2v) is 19.2. The van der Waals surface area contributed by atoms with E-state index in [9.17, 15) is 14.4 Å². The minimum Gasteiger partial charge on any atom is -0.462 e. The molecule has 0 aliphatic rings. The van der Waals surface area contributed by atoms with Gasteiger partial charge in [-0.15, -0.1) is 0 Å². The van der Waals surface area contributed by atoms with E-state index in [1.54, 1.807) is 0 Å². The lowest BCUT2D eigenvalue weighted by Gasteiger charge is -2.18. The van der Waals surface area contributed by atoms with Crippen LogP contribution in [-0.2, 0) is 28.6 Å². The number of ether oxygens (including phenoxy) is 3. The van der Waals surface area contributed by atoms with Gasteiger partial charge in [0, 0.05) is 19.3 Å². The number of hydrogen-bond donors (Lipinski definition) is 0. The van der Waals surface area contributed by atoms with Crippen molar-refractivity contribution >= 4 is 17.9 Å². The predicted molar refractivity (Wildman–Crippen MR) is 293 cm³/mol. The SMILES string of the molecule is CC/C=C\C/C=C\C/C=C\C/C=C\C/C=C\CCCCCCCCCC(=O)OCC(COC(=O)CCCCCCCC)OC(=O)CCCCCCCCCCC/C=C\CCCCCCCCCC. The van der Waals surface area contributed by atoms with Crippen LogP contribution in [0.4, 0.5) is 0 Å². The number of esters is 3. The summed E-state index contributed by atoms with van der Waals surface area (Å²) in [7, 11) is 0. The molecule has 1 atom stereocenters. The molecule has 0 heterocycles. The topological polar surface area (TPSA) is 78.9 Å². The molecule has 0 spiro atoms. The second kappa shape index (κ2) is 56.4. The van der Waals surface area contributed by atoms with Crippen molar-refractivity contribution in [2.45, 2.75) is 290 Å². The molecular formula is C62H108O6. The highest BCUT2D eigenvalue weighted by Gasteiger charge is 2.19. The highest BCUT2D eigenvalue weighted by atomic mass is 16.6. The zero-order chi connectivity index (χ0) is 49.3. The van der Waals surface area contributed by atoms with Crippen LogP contribution in [0.15, 0.2) is 72.9 Å². The van der Waals surface area contributed by atoms with Crippen LogP contribution in [0, 0.1) is 0 Å². The lowest BCUT2D eigenvalue weighted by atomic mass is 10.1. The van der Waals surface area contributed by atoms with Gasteiger partial charge in [0.15, 0.2) is 6.10 Å². The van der Waals surface area contributed by atoms with E-state index in [0.717, 1.165) is 96.3 Å². The summed E-state index contributed by atoms with van der Waals surface area (Å²) < 4.78 is 16.8. The highest BCUT2D eigenvalue weighted by Crippen LogP contribution is 2.15. The number of rotatable bonds is 52. The van der Waals surface area contributed by atoms with Crippen LogP contribution >= 0.6 is 0 Å². The number of hydrogen-bond acceptors (Lipinski definition) is 6. The Balaban J connectivity index is 4.17. The minimum absolute atomic E-state index is 0.0790. The number of carbonyl (C=O) groups is 3. The maximum absolute atomic E-state index is 12.8. The van der Waals surface area contributed by atoms with E-state index in [0.29, 0.717) is 19.3 Å². The van der Waals surface area contributed by atoms with Crippen LogP contribution < -0.4 is 0 Å². The maximum atomic E-state index is 12.8. The zero-order valence-electron chi connectivity index (χ0n) is 44.9. The van der Waals surface area contributed by atoms with Gasteiger partial charge in [0.2, 0.25) is 0 Å².